The normalized spacial score (nSPS) is 12.7. The number of thioether (sulfide) groups is 1. The third-order valence-electron chi connectivity index (χ3n) is 2.44. The smallest absolute Gasteiger partial charge is 0.256 e. The van der Waals surface area contributed by atoms with Gasteiger partial charge in [0.2, 0.25) is 5.91 Å². The van der Waals surface area contributed by atoms with Gasteiger partial charge in [-0.2, -0.15) is 0 Å². The predicted octanol–water partition coefficient (Wildman–Crippen LogP) is 1.38. The Bertz CT molecular complexity index is 508. The molecule has 2 rings (SSSR count). The number of likely N-dealkylation sites (N-methyl/N-ethyl adjacent to an activating group) is 1. The lowest BCUT2D eigenvalue weighted by molar-refractivity contribution is -0.119. The van der Waals surface area contributed by atoms with Gasteiger partial charge in [-0.25, -0.2) is 4.98 Å². The van der Waals surface area contributed by atoms with Crippen LogP contribution in [-0.4, -0.2) is 29.2 Å². The molecule has 0 spiro atoms. The fraction of sp³-hybridized carbons (Fsp3) is 0.333. The summed E-state index contributed by atoms with van der Waals surface area (Å²) in [6.07, 6.45) is 0. The largest absolute Gasteiger partial charge is 0.431 e. The topological polar surface area (TPSA) is 81.2 Å². The summed E-state index contributed by atoms with van der Waals surface area (Å²) in [5.41, 5.74) is 6.86. The molecule has 3 N–H and O–H groups in total. The number of nitrogens with zero attached hydrogens (tertiary/aromatic N) is 1. The van der Waals surface area contributed by atoms with E-state index in [-0.39, 0.29) is 11.9 Å². The maximum Gasteiger partial charge on any atom is 0.256 e. The molecule has 96 valence electrons. The van der Waals surface area contributed by atoms with Crippen molar-refractivity contribution in [2.24, 2.45) is 5.73 Å². The summed E-state index contributed by atoms with van der Waals surface area (Å²) < 4.78 is 5.55. The van der Waals surface area contributed by atoms with Crippen LogP contribution < -0.4 is 11.1 Å². The summed E-state index contributed by atoms with van der Waals surface area (Å²) in [5, 5.41) is 3.58. The van der Waals surface area contributed by atoms with Crippen LogP contribution in [-0.2, 0) is 4.79 Å². The summed E-state index contributed by atoms with van der Waals surface area (Å²) in [6, 6.07) is 7.19. The van der Waals surface area contributed by atoms with Gasteiger partial charge < -0.3 is 15.5 Å². The van der Waals surface area contributed by atoms with Crippen molar-refractivity contribution in [3.63, 3.8) is 0 Å². The first-order valence-electron chi connectivity index (χ1n) is 5.71. The number of primary amides is 1. The molecule has 1 amide bonds. The lowest BCUT2D eigenvalue weighted by Crippen LogP contribution is -2.42. The number of amides is 1. The fourth-order valence-electron chi connectivity index (χ4n) is 1.56. The molecular weight excluding hydrogens is 250 g/mol. The SMILES string of the molecule is CCNC(CSc1nc2ccccc2o1)C(N)=O. The molecule has 0 aliphatic carbocycles. The number of aromatic nitrogens is 1. The molecule has 0 radical (unpaired) electrons. The molecule has 1 atom stereocenters. The van der Waals surface area contributed by atoms with E-state index in [9.17, 15) is 4.79 Å². The second kappa shape index (κ2) is 5.88. The second-order valence-corrected chi connectivity index (χ2v) is 4.74. The molecule has 1 heterocycles. The molecular formula is C12H15N3O2S. The number of oxazole rings is 1. The van der Waals surface area contributed by atoms with E-state index in [0.29, 0.717) is 17.5 Å². The first kappa shape index (κ1) is 12.9. The molecule has 0 aliphatic heterocycles. The van der Waals surface area contributed by atoms with Crippen molar-refractivity contribution in [3.05, 3.63) is 24.3 Å². The zero-order valence-corrected chi connectivity index (χ0v) is 10.9. The summed E-state index contributed by atoms with van der Waals surface area (Å²) in [4.78, 5) is 15.5. The average molecular weight is 265 g/mol. The Morgan fingerprint density at radius 1 is 1.56 bits per heavy atom. The molecule has 1 aromatic heterocycles. The molecule has 5 nitrogen and oxygen atoms in total. The summed E-state index contributed by atoms with van der Waals surface area (Å²) >= 11 is 1.38. The number of rotatable bonds is 6. The van der Waals surface area contributed by atoms with Crippen LogP contribution in [0.3, 0.4) is 0 Å². The first-order valence-corrected chi connectivity index (χ1v) is 6.70. The summed E-state index contributed by atoms with van der Waals surface area (Å²) in [7, 11) is 0. The number of para-hydroxylation sites is 2. The molecule has 0 fully saturated rings. The number of nitrogens with one attached hydrogen (secondary N) is 1. The number of fused-ring (bicyclic) bond motifs is 1. The van der Waals surface area contributed by atoms with E-state index in [0.717, 1.165) is 11.1 Å². The lowest BCUT2D eigenvalue weighted by atomic mass is 10.3. The molecule has 0 aliphatic rings. The van der Waals surface area contributed by atoms with Crippen LogP contribution in [0.2, 0.25) is 0 Å². The predicted molar refractivity (Wildman–Crippen MR) is 71.4 cm³/mol. The van der Waals surface area contributed by atoms with Gasteiger partial charge in [0, 0.05) is 5.75 Å². The average Bonchev–Trinajstić information content (AvgIpc) is 2.76. The van der Waals surface area contributed by atoms with Crippen LogP contribution >= 0.6 is 11.8 Å². The Morgan fingerprint density at radius 2 is 2.33 bits per heavy atom. The zero-order chi connectivity index (χ0) is 13.0. The minimum Gasteiger partial charge on any atom is -0.431 e. The Hall–Kier alpha value is -1.53. The fourth-order valence-corrected chi connectivity index (χ4v) is 2.46. The van der Waals surface area contributed by atoms with Crippen LogP contribution in [0.25, 0.3) is 11.1 Å². The number of hydrogen-bond donors (Lipinski definition) is 2. The zero-order valence-electron chi connectivity index (χ0n) is 10.1. The lowest BCUT2D eigenvalue weighted by Gasteiger charge is -2.11. The Morgan fingerprint density at radius 3 is 3.00 bits per heavy atom. The Labute approximate surface area is 109 Å². The number of carbonyl (C=O) groups excluding carboxylic acids is 1. The van der Waals surface area contributed by atoms with Crippen molar-refractivity contribution < 1.29 is 9.21 Å². The van der Waals surface area contributed by atoms with E-state index in [4.69, 9.17) is 10.2 Å². The van der Waals surface area contributed by atoms with Crippen molar-refractivity contribution >= 4 is 28.8 Å². The van der Waals surface area contributed by atoms with E-state index in [1.54, 1.807) is 0 Å². The molecule has 6 heteroatoms. The van der Waals surface area contributed by atoms with Crippen LogP contribution in [0.5, 0.6) is 0 Å². The van der Waals surface area contributed by atoms with E-state index >= 15 is 0 Å². The van der Waals surface area contributed by atoms with Gasteiger partial charge in [0.25, 0.3) is 5.22 Å². The number of nitrogens with two attached hydrogens (primary N) is 1. The van der Waals surface area contributed by atoms with E-state index in [2.05, 4.69) is 10.3 Å². The number of hydrogen-bond acceptors (Lipinski definition) is 5. The van der Waals surface area contributed by atoms with Gasteiger partial charge in [-0.15, -0.1) is 0 Å². The van der Waals surface area contributed by atoms with Crippen molar-refractivity contribution in [1.29, 1.82) is 0 Å². The monoisotopic (exact) mass is 265 g/mol. The molecule has 1 aromatic carbocycles. The Balaban J connectivity index is 2.02. The summed E-state index contributed by atoms with van der Waals surface area (Å²) in [6.45, 7) is 2.63. The van der Waals surface area contributed by atoms with Crippen LogP contribution in [0.15, 0.2) is 33.9 Å². The van der Waals surface area contributed by atoms with Crippen molar-refractivity contribution in [2.45, 2.75) is 18.2 Å². The molecule has 2 aromatic rings. The van der Waals surface area contributed by atoms with Gasteiger partial charge in [-0.3, -0.25) is 4.79 Å². The highest BCUT2D eigenvalue weighted by Gasteiger charge is 2.16. The third kappa shape index (κ3) is 3.02. The third-order valence-corrected chi connectivity index (χ3v) is 3.36. The van der Waals surface area contributed by atoms with E-state index < -0.39 is 0 Å². The highest BCUT2D eigenvalue weighted by atomic mass is 32.2. The Kier molecular flexibility index (Phi) is 4.22. The van der Waals surface area contributed by atoms with Gasteiger partial charge in [0.15, 0.2) is 5.58 Å². The highest BCUT2D eigenvalue weighted by Crippen LogP contribution is 2.23. The molecule has 0 bridgehead atoms. The van der Waals surface area contributed by atoms with Crippen molar-refractivity contribution in [1.82, 2.24) is 10.3 Å². The maximum atomic E-state index is 11.2. The number of carbonyl (C=O) groups is 1. The highest BCUT2D eigenvalue weighted by molar-refractivity contribution is 7.99. The molecule has 1 unspecified atom stereocenters. The van der Waals surface area contributed by atoms with Crippen LogP contribution in [0, 0.1) is 0 Å². The molecule has 0 saturated carbocycles. The van der Waals surface area contributed by atoms with Gasteiger partial charge in [0.05, 0.1) is 6.04 Å². The molecule has 18 heavy (non-hydrogen) atoms. The molecule has 0 saturated heterocycles. The van der Waals surface area contributed by atoms with Gasteiger partial charge in [0.1, 0.15) is 5.52 Å². The van der Waals surface area contributed by atoms with Gasteiger partial charge >= 0.3 is 0 Å². The van der Waals surface area contributed by atoms with Crippen molar-refractivity contribution in [2.75, 3.05) is 12.3 Å². The summed E-state index contributed by atoms with van der Waals surface area (Å²) in [5.74, 6) is 0.149. The minimum atomic E-state index is -0.366. The quantitative estimate of drug-likeness (QED) is 0.771. The minimum absolute atomic E-state index is 0.361. The second-order valence-electron chi connectivity index (χ2n) is 3.77. The van der Waals surface area contributed by atoms with Gasteiger partial charge in [-0.05, 0) is 18.7 Å². The number of benzene rings is 1. The van der Waals surface area contributed by atoms with E-state index in [1.807, 2.05) is 31.2 Å². The standard InChI is InChI=1S/C12H15N3O2S/c1-2-14-9(11(13)16)7-18-12-15-8-5-3-4-6-10(8)17-12/h3-6,9,14H,2,7H2,1H3,(H2,13,16). The van der Waals surface area contributed by atoms with Gasteiger partial charge in [-0.1, -0.05) is 30.8 Å². The van der Waals surface area contributed by atoms with Crippen LogP contribution in [0.1, 0.15) is 6.92 Å². The van der Waals surface area contributed by atoms with Crippen LogP contribution in [0.4, 0.5) is 0 Å². The maximum absolute atomic E-state index is 11.2. The van der Waals surface area contributed by atoms with E-state index in [1.165, 1.54) is 11.8 Å². The van der Waals surface area contributed by atoms with Crippen molar-refractivity contribution in [3.8, 4) is 0 Å². The first-order chi connectivity index (χ1) is 8.70.